The number of carbonyl (C=O) groups is 3. The highest BCUT2D eigenvalue weighted by molar-refractivity contribution is 7.17. The molecule has 8 heteroatoms. The highest BCUT2D eigenvalue weighted by Crippen LogP contribution is 2.39. The summed E-state index contributed by atoms with van der Waals surface area (Å²) in [5.74, 6) is -1.54. The van der Waals surface area contributed by atoms with Gasteiger partial charge in [-0.15, -0.1) is 11.3 Å². The van der Waals surface area contributed by atoms with Crippen molar-refractivity contribution in [3.63, 3.8) is 0 Å². The highest BCUT2D eigenvalue weighted by Gasteiger charge is 2.29. The lowest BCUT2D eigenvalue weighted by Crippen LogP contribution is -2.23. The first kappa shape index (κ1) is 18.7. The molecule has 2 heterocycles. The fourth-order valence-electron chi connectivity index (χ4n) is 4.00. The number of aromatic nitrogens is 1. The van der Waals surface area contributed by atoms with Crippen LogP contribution in [0.4, 0.5) is 5.00 Å². The van der Waals surface area contributed by atoms with Gasteiger partial charge in [0.15, 0.2) is 6.61 Å². The molecule has 28 heavy (non-hydrogen) atoms. The molecule has 2 aromatic rings. The molecule has 2 aliphatic rings. The molecule has 1 saturated carbocycles. The Hall–Kier alpha value is -2.61. The van der Waals surface area contributed by atoms with Crippen molar-refractivity contribution < 1.29 is 19.1 Å². The van der Waals surface area contributed by atoms with Gasteiger partial charge in [-0.3, -0.25) is 9.59 Å². The SMILES string of the molecule is Cc1cc(C(=O)OCC(=O)Nc2sc3c(c2C(N)=O)CCC3)c(C)n1C1CC1. The first-order chi connectivity index (χ1) is 13.4. The summed E-state index contributed by atoms with van der Waals surface area (Å²) in [5.41, 5.74) is 9.22. The summed E-state index contributed by atoms with van der Waals surface area (Å²) in [7, 11) is 0. The van der Waals surface area contributed by atoms with E-state index in [2.05, 4.69) is 9.88 Å². The van der Waals surface area contributed by atoms with Crippen LogP contribution in [0.15, 0.2) is 6.07 Å². The first-order valence-corrected chi connectivity index (χ1v) is 10.3. The predicted molar refractivity (Wildman–Crippen MR) is 106 cm³/mol. The van der Waals surface area contributed by atoms with Crippen molar-refractivity contribution in [2.24, 2.45) is 5.73 Å². The molecule has 0 unspecified atom stereocenters. The summed E-state index contributed by atoms with van der Waals surface area (Å²) in [5, 5.41) is 3.13. The standard InChI is InChI=1S/C20H23N3O4S/c1-10-8-14(11(2)23(10)12-6-7-12)20(26)27-9-16(24)22-19-17(18(21)25)13-4-3-5-15(13)28-19/h8,12H,3-7,9H2,1-2H3,(H2,21,25)(H,22,24). The van der Waals surface area contributed by atoms with Crippen LogP contribution in [0.1, 0.15) is 67.8 Å². The fourth-order valence-corrected chi connectivity index (χ4v) is 5.31. The fraction of sp³-hybridized carbons (Fsp3) is 0.450. The molecule has 148 valence electrons. The number of esters is 1. The van der Waals surface area contributed by atoms with Crippen molar-refractivity contribution >= 4 is 34.1 Å². The van der Waals surface area contributed by atoms with Crippen molar-refractivity contribution in [3.05, 3.63) is 39.0 Å². The molecule has 2 aromatic heterocycles. The molecule has 7 nitrogen and oxygen atoms in total. The van der Waals surface area contributed by atoms with Crippen LogP contribution in [0, 0.1) is 13.8 Å². The molecule has 0 aliphatic heterocycles. The Balaban J connectivity index is 1.41. The van der Waals surface area contributed by atoms with Crippen LogP contribution in [0.25, 0.3) is 0 Å². The van der Waals surface area contributed by atoms with Crippen molar-refractivity contribution in [1.82, 2.24) is 4.57 Å². The summed E-state index contributed by atoms with van der Waals surface area (Å²) in [4.78, 5) is 37.6. The van der Waals surface area contributed by atoms with Crippen LogP contribution in [-0.4, -0.2) is 29.0 Å². The second-order valence-electron chi connectivity index (χ2n) is 7.44. The molecule has 0 saturated heterocycles. The highest BCUT2D eigenvalue weighted by atomic mass is 32.1. The average molecular weight is 401 g/mol. The van der Waals surface area contributed by atoms with Crippen LogP contribution in [0.3, 0.4) is 0 Å². The van der Waals surface area contributed by atoms with E-state index in [1.807, 2.05) is 19.9 Å². The smallest absolute Gasteiger partial charge is 0.340 e. The number of rotatable bonds is 6. The molecule has 0 aromatic carbocycles. The van der Waals surface area contributed by atoms with Gasteiger partial charge in [0.2, 0.25) is 0 Å². The van der Waals surface area contributed by atoms with Gasteiger partial charge in [0.1, 0.15) is 5.00 Å². The van der Waals surface area contributed by atoms with Gasteiger partial charge in [-0.05, 0) is 57.6 Å². The van der Waals surface area contributed by atoms with Crippen LogP contribution in [-0.2, 0) is 22.4 Å². The van der Waals surface area contributed by atoms with Crippen LogP contribution < -0.4 is 11.1 Å². The Morgan fingerprint density at radius 1 is 1.29 bits per heavy atom. The molecule has 2 amide bonds. The normalized spacial score (nSPS) is 15.4. The van der Waals surface area contributed by atoms with Gasteiger partial charge in [0.25, 0.3) is 11.8 Å². The summed E-state index contributed by atoms with van der Waals surface area (Å²) < 4.78 is 7.37. The van der Waals surface area contributed by atoms with E-state index in [9.17, 15) is 14.4 Å². The second kappa shape index (κ2) is 7.09. The number of amides is 2. The third-order valence-electron chi connectivity index (χ3n) is 5.37. The van der Waals surface area contributed by atoms with Crippen molar-refractivity contribution in [2.45, 2.75) is 52.0 Å². The van der Waals surface area contributed by atoms with E-state index >= 15 is 0 Å². The molecule has 3 N–H and O–H groups in total. The zero-order chi connectivity index (χ0) is 20.0. The monoisotopic (exact) mass is 401 g/mol. The Morgan fingerprint density at radius 2 is 2.04 bits per heavy atom. The van der Waals surface area contributed by atoms with Gasteiger partial charge in [0.05, 0.1) is 11.1 Å². The number of thiophene rings is 1. The lowest BCUT2D eigenvalue weighted by molar-refractivity contribution is -0.119. The van der Waals surface area contributed by atoms with E-state index in [-0.39, 0.29) is 0 Å². The Morgan fingerprint density at radius 3 is 2.71 bits per heavy atom. The number of nitrogens with one attached hydrogen (secondary N) is 1. The van der Waals surface area contributed by atoms with Crippen LogP contribution in [0.5, 0.6) is 0 Å². The lowest BCUT2D eigenvalue weighted by Gasteiger charge is -2.09. The summed E-state index contributed by atoms with van der Waals surface area (Å²) in [6.07, 6.45) is 4.93. The molecular weight excluding hydrogens is 378 g/mol. The third kappa shape index (κ3) is 3.32. The zero-order valence-corrected chi connectivity index (χ0v) is 16.8. The van der Waals surface area contributed by atoms with Gasteiger partial charge in [-0.1, -0.05) is 0 Å². The van der Waals surface area contributed by atoms with Gasteiger partial charge in [-0.2, -0.15) is 0 Å². The Labute approximate surface area is 166 Å². The topological polar surface area (TPSA) is 103 Å². The summed E-state index contributed by atoms with van der Waals surface area (Å²) in [6, 6.07) is 2.28. The maximum absolute atomic E-state index is 12.4. The number of hydrogen-bond donors (Lipinski definition) is 2. The first-order valence-electron chi connectivity index (χ1n) is 9.46. The quantitative estimate of drug-likeness (QED) is 0.726. The second-order valence-corrected chi connectivity index (χ2v) is 8.54. The maximum atomic E-state index is 12.4. The Kier molecular flexibility index (Phi) is 4.74. The lowest BCUT2D eigenvalue weighted by atomic mass is 10.1. The number of ether oxygens (including phenoxy) is 1. The minimum absolute atomic E-state index is 0.394. The van der Waals surface area contributed by atoms with E-state index in [0.29, 0.717) is 22.2 Å². The molecule has 1 fully saturated rings. The maximum Gasteiger partial charge on any atom is 0.340 e. The minimum Gasteiger partial charge on any atom is -0.452 e. The van der Waals surface area contributed by atoms with E-state index < -0.39 is 24.4 Å². The van der Waals surface area contributed by atoms with Crippen molar-refractivity contribution in [2.75, 3.05) is 11.9 Å². The summed E-state index contributed by atoms with van der Waals surface area (Å²) >= 11 is 1.38. The number of anilines is 1. The molecule has 0 spiro atoms. The van der Waals surface area contributed by atoms with E-state index in [1.165, 1.54) is 11.3 Å². The minimum atomic E-state index is -0.542. The number of hydrogen-bond acceptors (Lipinski definition) is 5. The largest absolute Gasteiger partial charge is 0.452 e. The van der Waals surface area contributed by atoms with Gasteiger partial charge in [0, 0.05) is 22.3 Å². The number of fused-ring (bicyclic) bond motifs is 1. The number of carbonyl (C=O) groups excluding carboxylic acids is 3. The molecule has 0 radical (unpaired) electrons. The van der Waals surface area contributed by atoms with Crippen molar-refractivity contribution in [1.29, 1.82) is 0 Å². The number of aryl methyl sites for hydroxylation is 2. The molecular formula is C20H23N3O4S. The molecule has 0 bridgehead atoms. The molecule has 2 aliphatic carbocycles. The summed E-state index contributed by atoms with van der Waals surface area (Å²) in [6.45, 7) is 3.46. The molecule has 4 rings (SSSR count). The van der Waals surface area contributed by atoms with E-state index in [1.54, 1.807) is 0 Å². The molecule has 0 atom stereocenters. The Bertz CT molecular complexity index is 984. The zero-order valence-electron chi connectivity index (χ0n) is 16.0. The average Bonchev–Trinajstić information content (AvgIpc) is 3.14. The van der Waals surface area contributed by atoms with E-state index in [4.69, 9.17) is 10.5 Å². The van der Waals surface area contributed by atoms with Crippen LogP contribution >= 0.6 is 11.3 Å². The van der Waals surface area contributed by atoms with Gasteiger partial charge >= 0.3 is 5.97 Å². The third-order valence-corrected chi connectivity index (χ3v) is 6.58. The van der Waals surface area contributed by atoms with Crippen LogP contribution in [0.2, 0.25) is 0 Å². The van der Waals surface area contributed by atoms with Gasteiger partial charge in [-0.25, -0.2) is 4.79 Å². The van der Waals surface area contributed by atoms with Gasteiger partial charge < -0.3 is 20.4 Å². The van der Waals surface area contributed by atoms with E-state index in [0.717, 1.165) is 53.9 Å². The number of nitrogens with two attached hydrogens (primary N) is 1. The number of nitrogens with zero attached hydrogens (tertiary/aromatic N) is 1. The number of primary amides is 1. The van der Waals surface area contributed by atoms with Crippen molar-refractivity contribution in [3.8, 4) is 0 Å². The predicted octanol–water partition coefficient (Wildman–Crippen LogP) is 2.88.